The summed E-state index contributed by atoms with van der Waals surface area (Å²) in [6.45, 7) is 11.3. The molecule has 26 heteroatoms. The topological polar surface area (TPSA) is 358 Å². The Kier molecular flexibility index (Phi) is 21.3. The Labute approximate surface area is 525 Å². The predicted octanol–water partition coefficient (Wildman–Crippen LogP) is 0.793. The fourth-order valence-corrected chi connectivity index (χ4v) is 16.7. The molecule has 26 nitrogen and oxygen atoms in total. The molecule has 90 heavy (non-hydrogen) atoms. The highest BCUT2D eigenvalue weighted by atomic mass is 16.8. The van der Waals surface area contributed by atoms with Crippen LogP contribution in [0.1, 0.15) is 112 Å². The van der Waals surface area contributed by atoms with Crippen molar-refractivity contribution in [1.29, 1.82) is 0 Å². The largest absolute Gasteiger partial charge is 0.458 e. The lowest BCUT2D eigenvalue weighted by Crippen LogP contribution is -2.80. The molecule has 0 radical (unpaired) electrons. The van der Waals surface area contributed by atoms with Gasteiger partial charge in [0.15, 0.2) is 31.5 Å². The molecule has 3 saturated carbocycles. The fourth-order valence-electron chi connectivity index (χ4n) is 16.7. The third-order valence-electron chi connectivity index (χ3n) is 22.2. The maximum Gasteiger partial charge on any atom is 0.331 e. The third kappa shape index (κ3) is 12.3. The first-order valence-electron chi connectivity index (χ1n) is 31.8. The maximum atomic E-state index is 13.7. The third-order valence-corrected chi connectivity index (χ3v) is 22.2. The second-order valence-corrected chi connectivity index (χ2v) is 27.0. The van der Waals surface area contributed by atoms with Gasteiger partial charge in [0.2, 0.25) is 0 Å². The Balaban J connectivity index is 0.736. The number of fused-ring (bicyclic) bond motifs is 5. The minimum atomic E-state index is -2.11. The van der Waals surface area contributed by atoms with Gasteiger partial charge in [0.05, 0.1) is 72.6 Å². The normalized spacial score (nSPS) is 50.8. The van der Waals surface area contributed by atoms with Crippen molar-refractivity contribution in [2.75, 3.05) is 35.0 Å². The van der Waals surface area contributed by atoms with Gasteiger partial charge in [-0.3, -0.25) is 0 Å². The first-order valence-corrected chi connectivity index (χ1v) is 31.8. The van der Waals surface area contributed by atoms with Crippen molar-refractivity contribution in [3.05, 3.63) is 54.1 Å². The van der Waals surface area contributed by atoms with Gasteiger partial charge in [-0.05, 0) is 78.4 Å². The maximum absolute atomic E-state index is 13.7. The van der Waals surface area contributed by atoms with Crippen LogP contribution in [-0.4, -0.2) is 268 Å². The minimum absolute atomic E-state index is 0.0446. The van der Waals surface area contributed by atoms with Gasteiger partial charge < -0.3 is 122 Å². The number of hydrogen-bond donors (Lipinski definition) is 10. The summed E-state index contributed by atoms with van der Waals surface area (Å²) >= 11 is 0. The molecule has 8 fully saturated rings. The molecule has 10 rings (SSSR count). The van der Waals surface area contributed by atoms with E-state index in [1.807, 2.05) is 51.1 Å². The molecule has 5 heterocycles. The van der Waals surface area contributed by atoms with E-state index in [4.69, 9.17) is 71.1 Å². The molecular weight excluding hydrogens is 1180 g/mol. The number of aliphatic hydroxyl groups excluding tert-OH is 6. The first-order chi connectivity index (χ1) is 42.6. The highest BCUT2D eigenvalue weighted by molar-refractivity contribution is 5.87. The molecule has 510 valence electrons. The summed E-state index contributed by atoms with van der Waals surface area (Å²) in [5.74, 6) is -1.61. The lowest BCUT2D eigenvalue weighted by molar-refractivity contribution is -0.374. The van der Waals surface area contributed by atoms with Crippen LogP contribution in [-0.2, 0) is 75.8 Å². The van der Waals surface area contributed by atoms with E-state index in [1.165, 1.54) is 33.3 Å². The number of methoxy groups -OCH3 is 4. The van der Waals surface area contributed by atoms with Crippen LogP contribution in [0, 0.1) is 16.7 Å². The summed E-state index contributed by atoms with van der Waals surface area (Å²) in [7, 11) is 6.04. The van der Waals surface area contributed by atoms with Gasteiger partial charge in [-0.2, -0.15) is 0 Å². The number of esters is 1. The van der Waals surface area contributed by atoms with Gasteiger partial charge in [-0.15, -0.1) is 0 Å². The Morgan fingerprint density at radius 2 is 1.16 bits per heavy atom. The van der Waals surface area contributed by atoms with Gasteiger partial charge >= 0.3 is 5.97 Å². The second kappa shape index (κ2) is 27.4. The highest BCUT2D eigenvalue weighted by Crippen LogP contribution is 2.71. The average molecular weight is 1280 g/mol. The molecule has 4 aliphatic carbocycles. The highest BCUT2D eigenvalue weighted by Gasteiger charge is 2.82. The number of carbonyl (C=O) groups excluding carboxylic acids is 1. The Bertz CT molecular complexity index is 2620. The smallest absolute Gasteiger partial charge is 0.331 e. The van der Waals surface area contributed by atoms with E-state index < -0.39 is 205 Å². The zero-order valence-corrected chi connectivity index (χ0v) is 53.3. The summed E-state index contributed by atoms with van der Waals surface area (Å²) in [6, 6.07) is 9.18. The minimum Gasteiger partial charge on any atom is -0.458 e. The molecule has 0 aromatic heterocycles. The van der Waals surface area contributed by atoms with E-state index in [0.29, 0.717) is 12.8 Å². The van der Waals surface area contributed by atoms with Gasteiger partial charge in [0.1, 0.15) is 83.9 Å². The number of aliphatic hydroxyl groups is 10. The molecule has 5 aliphatic heterocycles. The molecule has 32 atom stereocenters. The van der Waals surface area contributed by atoms with Crippen molar-refractivity contribution in [2.45, 2.75) is 282 Å². The zero-order valence-electron chi connectivity index (χ0n) is 53.3. The number of hydrogen-bond acceptors (Lipinski definition) is 26. The van der Waals surface area contributed by atoms with Crippen LogP contribution >= 0.6 is 0 Å². The van der Waals surface area contributed by atoms with Gasteiger partial charge in [-0.25, -0.2) is 4.79 Å². The number of benzene rings is 1. The molecule has 0 amide bonds. The van der Waals surface area contributed by atoms with Crippen LogP contribution in [0.3, 0.4) is 0 Å². The lowest BCUT2D eigenvalue weighted by atomic mass is 9.41. The van der Waals surface area contributed by atoms with E-state index in [1.54, 1.807) is 47.1 Å². The monoisotopic (exact) mass is 1280 g/mol. The summed E-state index contributed by atoms with van der Waals surface area (Å²) < 4.78 is 93.4. The Morgan fingerprint density at radius 3 is 1.70 bits per heavy atom. The number of rotatable bonds is 19. The lowest BCUT2D eigenvalue weighted by Gasteiger charge is -2.68. The van der Waals surface area contributed by atoms with Crippen molar-refractivity contribution < 1.29 is 127 Å². The second-order valence-electron chi connectivity index (χ2n) is 27.0. The fraction of sp³-hybridized carbons (Fsp3) is 0.828. The predicted molar refractivity (Wildman–Crippen MR) is 312 cm³/mol. The summed E-state index contributed by atoms with van der Waals surface area (Å²) in [4.78, 5) is 13.7. The number of ether oxygens (including phenoxy) is 15. The first kappa shape index (κ1) is 70.0. The van der Waals surface area contributed by atoms with Crippen LogP contribution in [0.2, 0.25) is 0 Å². The van der Waals surface area contributed by atoms with Crippen molar-refractivity contribution in [2.24, 2.45) is 16.7 Å². The number of carbonyl (C=O) groups is 1. The Morgan fingerprint density at radius 1 is 0.622 bits per heavy atom. The van der Waals surface area contributed by atoms with Gasteiger partial charge in [0.25, 0.3) is 0 Å². The van der Waals surface area contributed by atoms with Crippen LogP contribution in [0.25, 0.3) is 6.08 Å². The van der Waals surface area contributed by atoms with E-state index in [-0.39, 0.29) is 44.9 Å². The summed E-state index contributed by atoms with van der Waals surface area (Å²) in [6.07, 6.45) is -17.1. The van der Waals surface area contributed by atoms with Gasteiger partial charge in [0, 0.05) is 71.5 Å². The van der Waals surface area contributed by atoms with Gasteiger partial charge in [-0.1, -0.05) is 56.3 Å². The molecule has 1 aromatic rings. The van der Waals surface area contributed by atoms with Crippen molar-refractivity contribution in [3.8, 4) is 0 Å². The van der Waals surface area contributed by atoms with Crippen molar-refractivity contribution in [3.63, 3.8) is 0 Å². The Hall–Kier alpha value is -2.79. The van der Waals surface area contributed by atoms with E-state index in [2.05, 4.69) is 0 Å². The average Bonchev–Trinajstić information content (AvgIpc) is 1.33. The van der Waals surface area contributed by atoms with Crippen LogP contribution in [0.5, 0.6) is 0 Å². The van der Waals surface area contributed by atoms with Crippen LogP contribution < -0.4 is 0 Å². The standard InChI is InChI=1S/C64H98O26/c1-31-52(87-46-26-39(77-9)53(32(2)81-46)88-47-27-40(78-10)54(33(3)82-47)89-58-51(71)56(79-11)55(34(4)83-58)90-57-50(70)49(69)48(68)41(30-65)85-57)38(76-8)25-45(80-31)84-37-19-20-59(6)42-28-43(86-44(67)18-17-36-15-13-12-14-16-36)60(7)62(73,35(5)66)23-24-64(60,75)63(42,74)22-21-61(59,72)29-37/h12-18,21-22,31-35,37-43,45-58,65-66,68-75H,19-20,23-30H2,1-11H3/b18-17+/t31-,32-,33-,34-,35+,37+,38+,39+,40-,41-,42-,43-,45+,46+,47+,48-,49+,50-,51-,52-,53-,54-,55-,56-,57+,58+,59-,60-,61-,62-,63+,64-/m1/s1. The molecule has 9 aliphatic rings. The van der Waals surface area contributed by atoms with E-state index >= 15 is 0 Å². The van der Waals surface area contributed by atoms with Crippen LogP contribution in [0.15, 0.2) is 48.6 Å². The molecule has 0 bridgehead atoms. The summed E-state index contributed by atoms with van der Waals surface area (Å²) in [5.41, 5.74) is -9.76. The summed E-state index contributed by atoms with van der Waals surface area (Å²) in [5, 5.41) is 115. The van der Waals surface area contributed by atoms with Crippen LogP contribution in [0.4, 0.5) is 0 Å². The molecule has 5 saturated heterocycles. The quantitative estimate of drug-likeness (QED) is 0.0520. The van der Waals surface area contributed by atoms with E-state index in [9.17, 15) is 55.9 Å². The van der Waals surface area contributed by atoms with Crippen molar-refractivity contribution >= 4 is 12.0 Å². The molecular formula is C64H98O26. The molecule has 0 unspecified atom stereocenters. The molecule has 10 N–H and O–H groups in total. The molecule has 1 aromatic carbocycles. The zero-order chi connectivity index (χ0) is 65.2. The SMILES string of the molecule is CO[C@@H]1[C@@H](O)[C@H](O[C@@H]2[C@@H](C)O[C@@H](O[C@H]3[C@@H](OC)C[C@H](O[C@H]4[C@@H](OC)C[C@H](O[C@H]5CC[C@]6(C)[C@H]7C[C@@H](OC(=O)/C=C/c8ccccc8)[C@@]8(C)[C@](O)(CC[C@@]8(O)[C@H](C)O)[C@]7(O)C=C[C@@]6(O)C5)O[C@@H]4C)O[C@@H]3C)C[C@H]2OC)O[C@H](C)[C@H]1O[C@@H]1O[C@H](CO)[C@@H](O)[C@H](O)[C@H]1O. The molecule has 0 spiro atoms. The van der Waals surface area contributed by atoms with E-state index in [0.717, 1.165) is 5.56 Å². The van der Waals surface area contributed by atoms with Crippen molar-refractivity contribution in [1.82, 2.24) is 0 Å².